The predicted molar refractivity (Wildman–Crippen MR) is 219 cm³/mol. The van der Waals surface area contributed by atoms with E-state index < -0.39 is 0 Å². The maximum Gasteiger partial charge on any atom is 0.0462 e. The van der Waals surface area contributed by atoms with Crippen molar-refractivity contribution >= 4 is 49.4 Å². The van der Waals surface area contributed by atoms with Gasteiger partial charge in [-0.1, -0.05) is 145 Å². The zero-order valence-electron chi connectivity index (χ0n) is 28.8. The lowest BCUT2D eigenvalue weighted by atomic mass is 9.86. The number of hydrogen-bond acceptors (Lipinski definition) is 1. The van der Waals surface area contributed by atoms with Gasteiger partial charge in [-0.2, -0.15) is 0 Å². The Labute approximate surface area is 299 Å². The fraction of sp³-hybridized carbons (Fsp3) is 0.0400. The van der Waals surface area contributed by atoms with E-state index in [2.05, 4.69) is 207 Å². The molecule has 0 amide bonds. The summed E-state index contributed by atoms with van der Waals surface area (Å²) in [6, 6.07) is 68.8. The lowest BCUT2D eigenvalue weighted by Crippen LogP contribution is -2.09. The molecule has 9 aromatic rings. The van der Waals surface area contributed by atoms with E-state index in [4.69, 9.17) is 0 Å². The number of para-hydroxylation sites is 2. The van der Waals surface area contributed by atoms with Crippen LogP contribution in [0.2, 0.25) is 0 Å². The van der Waals surface area contributed by atoms with Gasteiger partial charge >= 0.3 is 0 Å². The maximum atomic E-state index is 2.42. The van der Waals surface area contributed by atoms with Crippen LogP contribution in [0.1, 0.15) is 11.1 Å². The molecule has 0 saturated carbocycles. The molecule has 0 saturated heterocycles. The fourth-order valence-electron chi connectivity index (χ4n) is 7.53. The SMILES string of the molecule is Cc1ccc(-c2cc3c4ccc(-c5ccc(N(c6ccccc6)c6ccccc6)cc5)cc4c(-c4ccc(C)cc4)cc3c3ccccc23)cc1. The molecule has 51 heavy (non-hydrogen) atoms. The first-order chi connectivity index (χ1) is 25.1. The summed E-state index contributed by atoms with van der Waals surface area (Å²) in [5.74, 6) is 0. The number of aryl methyl sites for hydroxylation is 2. The van der Waals surface area contributed by atoms with E-state index in [1.165, 1.54) is 76.8 Å². The quantitative estimate of drug-likeness (QED) is 0.162. The molecule has 0 N–H and O–H groups in total. The monoisotopic (exact) mass is 651 g/mol. The molecule has 242 valence electrons. The topological polar surface area (TPSA) is 3.24 Å². The van der Waals surface area contributed by atoms with Crippen molar-refractivity contribution in [2.75, 3.05) is 4.90 Å². The molecular weight excluding hydrogens is 615 g/mol. The van der Waals surface area contributed by atoms with Crippen molar-refractivity contribution in [3.63, 3.8) is 0 Å². The summed E-state index contributed by atoms with van der Waals surface area (Å²) in [6.07, 6.45) is 0. The highest BCUT2D eigenvalue weighted by atomic mass is 15.1. The van der Waals surface area contributed by atoms with Gasteiger partial charge in [0.25, 0.3) is 0 Å². The van der Waals surface area contributed by atoms with Crippen LogP contribution in [0.3, 0.4) is 0 Å². The molecule has 0 spiro atoms. The zero-order chi connectivity index (χ0) is 34.3. The molecule has 0 aliphatic heterocycles. The van der Waals surface area contributed by atoms with Crippen LogP contribution in [0.4, 0.5) is 17.1 Å². The van der Waals surface area contributed by atoms with E-state index >= 15 is 0 Å². The first-order valence-electron chi connectivity index (χ1n) is 17.7. The summed E-state index contributed by atoms with van der Waals surface area (Å²) >= 11 is 0. The van der Waals surface area contributed by atoms with Crippen LogP contribution in [0.15, 0.2) is 188 Å². The standard InChI is InChI=1S/C50H37N/c1-34-17-21-37(22-18-34)46-32-50-45-30-27-39(36-25-28-42(29-26-36)51(40-11-5-3-6-12-40)41-13-7-4-8-14-41)31-48(45)47(38-23-19-35(2)20-24-38)33-49(50)44-16-10-9-15-43(44)46/h3-33H,1-2H3. The summed E-state index contributed by atoms with van der Waals surface area (Å²) in [4.78, 5) is 2.31. The summed E-state index contributed by atoms with van der Waals surface area (Å²) in [5, 5.41) is 7.64. The van der Waals surface area contributed by atoms with E-state index in [1.54, 1.807) is 0 Å². The minimum absolute atomic E-state index is 1.12. The Bertz CT molecular complexity index is 2620. The lowest BCUT2D eigenvalue weighted by Gasteiger charge is -2.25. The molecule has 9 aromatic carbocycles. The Morgan fingerprint density at radius 1 is 0.275 bits per heavy atom. The van der Waals surface area contributed by atoms with Crippen molar-refractivity contribution in [3.8, 4) is 33.4 Å². The highest BCUT2D eigenvalue weighted by Crippen LogP contribution is 2.43. The van der Waals surface area contributed by atoms with Crippen LogP contribution < -0.4 is 4.90 Å². The van der Waals surface area contributed by atoms with Gasteiger partial charge in [0.15, 0.2) is 0 Å². The summed E-state index contributed by atoms with van der Waals surface area (Å²) in [5.41, 5.74) is 13.3. The third kappa shape index (κ3) is 5.63. The van der Waals surface area contributed by atoms with E-state index in [9.17, 15) is 0 Å². The summed E-state index contributed by atoms with van der Waals surface area (Å²) in [6.45, 7) is 4.30. The highest BCUT2D eigenvalue weighted by Gasteiger charge is 2.16. The molecule has 9 rings (SSSR count). The second kappa shape index (κ2) is 12.8. The van der Waals surface area contributed by atoms with E-state index in [1.807, 2.05) is 0 Å². The number of nitrogens with zero attached hydrogens (tertiary/aromatic N) is 1. The van der Waals surface area contributed by atoms with Crippen molar-refractivity contribution in [1.29, 1.82) is 0 Å². The van der Waals surface area contributed by atoms with E-state index in [0.29, 0.717) is 0 Å². The first-order valence-corrected chi connectivity index (χ1v) is 17.7. The molecular formula is C50H37N. The molecule has 1 heteroatoms. The normalized spacial score (nSPS) is 11.3. The molecule has 1 nitrogen and oxygen atoms in total. The Kier molecular flexibility index (Phi) is 7.67. The molecule has 0 unspecified atom stereocenters. The first kappa shape index (κ1) is 30.6. The smallest absolute Gasteiger partial charge is 0.0462 e. The molecule has 0 bridgehead atoms. The average molecular weight is 652 g/mol. The minimum Gasteiger partial charge on any atom is -0.311 e. The van der Waals surface area contributed by atoms with Crippen molar-refractivity contribution in [2.24, 2.45) is 0 Å². The molecule has 0 aliphatic rings. The van der Waals surface area contributed by atoms with Crippen LogP contribution in [0, 0.1) is 13.8 Å². The maximum absolute atomic E-state index is 2.42. The Morgan fingerprint density at radius 2 is 0.686 bits per heavy atom. The second-order valence-corrected chi connectivity index (χ2v) is 13.5. The number of fused-ring (bicyclic) bond motifs is 5. The van der Waals surface area contributed by atoms with Gasteiger partial charge in [0.1, 0.15) is 0 Å². The second-order valence-electron chi connectivity index (χ2n) is 13.5. The zero-order valence-corrected chi connectivity index (χ0v) is 28.8. The van der Waals surface area contributed by atoms with Gasteiger partial charge in [-0.15, -0.1) is 0 Å². The van der Waals surface area contributed by atoms with Gasteiger partial charge in [0, 0.05) is 17.1 Å². The van der Waals surface area contributed by atoms with Crippen LogP contribution in [-0.2, 0) is 0 Å². The van der Waals surface area contributed by atoms with Crippen molar-refractivity contribution in [3.05, 3.63) is 199 Å². The largest absolute Gasteiger partial charge is 0.311 e. The van der Waals surface area contributed by atoms with Crippen LogP contribution in [0.5, 0.6) is 0 Å². The van der Waals surface area contributed by atoms with Crippen LogP contribution in [-0.4, -0.2) is 0 Å². The highest BCUT2D eigenvalue weighted by molar-refractivity contribution is 6.24. The average Bonchev–Trinajstić information content (AvgIpc) is 3.19. The third-order valence-corrected chi connectivity index (χ3v) is 10.2. The van der Waals surface area contributed by atoms with Gasteiger partial charge in [-0.25, -0.2) is 0 Å². The number of benzene rings is 9. The molecule has 0 atom stereocenters. The number of hydrogen-bond donors (Lipinski definition) is 0. The van der Waals surface area contributed by atoms with Gasteiger partial charge in [-0.05, 0) is 134 Å². The third-order valence-electron chi connectivity index (χ3n) is 10.2. The van der Waals surface area contributed by atoms with Gasteiger partial charge < -0.3 is 4.90 Å². The van der Waals surface area contributed by atoms with Crippen LogP contribution in [0.25, 0.3) is 65.7 Å². The van der Waals surface area contributed by atoms with E-state index in [0.717, 1.165) is 17.1 Å². The van der Waals surface area contributed by atoms with Crippen molar-refractivity contribution in [2.45, 2.75) is 13.8 Å². The van der Waals surface area contributed by atoms with Crippen molar-refractivity contribution in [1.82, 2.24) is 0 Å². The Morgan fingerprint density at radius 3 is 1.24 bits per heavy atom. The number of anilines is 3. The Balaban J connectivity index is 1.23. The minimum atomic E-state index is 1.12. The molecule has 0 radical (unpaired) electrons. The summed E-state index contributed by atoms with van der Waals surface area (Å²) in [7, 11) is 0. The summed E-state index contributed by atoms with van der Waals surface area (Å²) < 4.78 is 0. The molecule has 0 aliphatic carbocycles. The lowest BCUT2D eigenvalue weighted by molar-refractivity contribution is 1.28. The molecule has 0 heterocycles. The predicted octanol–water partition coefficient (Wildman–Crippen LogP) is 14.2. The van der Waals surface area contributed by atoms with Gasteiger partial charge in [-0.3, -0.25) is 0 Å². The van der Waals surface area contributed by atoms with Crippen molar-refractivity contribution < 1.29 is 0 Å². The van der Waals surface area contributed by atoms with E-state index in [-0.39, 0.29) is 0 Å². The van der Waals surface area contributed by atoms with Crippen LogP contribution >= 0.6 is 0 Å². The fourth-order valence-corrected chi connectivity index (χ4v) is 7.53. The van der Waals surface area contributed by atoms with Gasteiger partial charge in [0.05, 0.1) is 0 Å². The molecule has 0 aromatic heterocycles. The molecule has 0 fully saturated rings. The Hall–Kier alpha value is -6.44. The number of rotatable bonds is 6. The van der Waals surface area contributed by atoms with Gasteiger partial charge in [0.2, 0.25) is 0 Å².